The van der Waals surface area contributed by atoms with Crippen molar-refractivity contribution in [2.24, 2.45) is 11.7 Å². The molecule has 0 aliphatic heterocycles. The molecule has 1 unspecified atom stereocenters. The van der Waals surface area contributed by atoms with Crippen molar-refractivity contribution in [1.82, 2.24) is 5.32 Å². The van der Waals surface area contributed by atoms with Gasteiger partial charge in [0.2, 0.25) is 5.91 Å². The maximum atomic E-state index is 12.1. The largest absolute Gasteiger partial charge is 0.352 e. The predicted molar refractivity (Wildman–Crippen MR) is 86.9 cm³/mol. The number of benzene rings is 1. The lowest BCUT2D eigenvalue weighted by molar-refractivity contribution is -0.122. The average molecular weight is 288 g/mol. The van der Waals surface area contributed by atoms with E-state index in [-0.39, 0.29) is 11.9 Å². The molecule has 0 bridgehead atoms. The summed E-state index contributed by atoms with van der Waals surface area (Å²) in [6.07, 6.45) is 9.15. The van der Waals surface area contributed by atoms with Crippen LogP contribution in [0.25, 0.3) is 0 Å². The van der Waals surface area contributed by atoms with Crippen LogP contribution in [-0.2, 0) is 11.2 Å². The van der Waals surface area contributed by atoms with E-state index in [1.807, 2.05) is 18.2 Å². The number of nitrogens with two attached hydrogens (primary N) is 1. The first-order chi connectivity index (χ1) is 10.3. The van der Waals surface area contributed by atoms with E-state index in [0.717, 1.165) is 18.8 Å². The van der Waals surface area contributed by atoms with E-state index >= 15 is 0 Å². The van der Waals surface area contributed by atoms with Gasteiger partial charge in [0.1, 0.15) is 0 Å². The van der Waals surface area contributed by atoms with Crippen LogP contribution in [0, 0.1) is 5.92 Å². The zero-order valence-electron chi connectivity index (χ0n) is 12.9. The van der Waals surface area contributed by atoms with Gasteiger partial charge in [-0.3, -0.25) is 4.79 Å². The number of hydrogen-bond acceptors (Lipinski definition) is 2. The summed E-state index contributed by atoms with van der Waals surface area (Å²) in [5, 5.41) is 3.09. The second-order valence-corrected chi connectivity index (χ2v) is 6.23. The van der Waals surface area contributed by atoms with Gasteiger partial charge in [0, 0.05) is 19.0 Å². The lowest BCUT2D eigenvalue weighted by atomic mass is 9.86. The van der Waals surface area contributed by atoms with Gasteiger partial charge < -0.3 is 11.1 Å². The third-order valence-corrected chi connectivity index (χ3v) is 4.48. The number of hydrogen-bond donors (Lipinski definition) is 2. The van der Waals surface area contributed by atoms with Gasteiger partial charge in [-0.25, -0.2) is 0 Å². The van der Waals surface area contributed by atoms with E-state index in [4.69, 9.17) is 5.73 Å². The summed E-state index contributed by atoms with van der Waals surface area (Å²) in [5.74, 6) is 0.918. The Morgan fingerprint density at radius 1 is 1.19 bits per heavy atom. The van der Waals surface area contributed by atoms with Crippen molar-refractivity contribution in [3.8, 4) is 0 Å². The van der Waals surface area contributed by atoms with Crippen molar-refractivity contribution in [1.29, 1.82) is 0 Å². The second-order valence-electron chi connectivity index (χ2n) is 6.23. The molecule has 21 heavy (non-hydrogen) atoms. The van der Waals surface area contributed by atoms with Gasteiger partial charge in [-0.05, 0) is 24.3 Å². The molecule has 0 saturated heterocycles. The fraction of sp³-hybridized carbons (Fsp3) is 0.611. The molecule has 2 rings (SSSR count). The van der Waals surface area contributed by atoms with E-state index in [2.05, 4.69) is 17.4 Å². The van der Waals surface area contributed by atoms with E-state index in [1.165, 1.54) is 37.7 Å². The molecular weight excluding hydrogens is 260 g/mol. The highest BCUT2D eigenvalue weighted by Crippen LogP contribution is 2.27. The minimum absolute atomic E-state index is 0.0475. The summed E-state index contributed by atoms with van der Waals surface area (Å²) in [6, 6.07) is 10.3. The monoisotopic (exact) mass is 288 g/mol. The smallest absolute Gasteiger partial charge is 0.220 e. The van der Waals surface area contributed by atoms with Crippen molar-refractivity contribution < 1.29 is 4.79 Å². The Labute approximate surface area is 128 Å². The zero-order chi connectivity index (χ0) is 14.9. The quantitative estimate of drug-likeness (QED) is 0.810. The molecule has 1 aromatic carbocycles. The van der Waals surface area contributed by atoms with Gasteiger partial charge in [0.25, 0.3) is 0 Å². The summed E-state index contributed by atoms with van der Waals surface area (Å²) in [6.45, 7) is 0.490. The molecular formula is C18H28N2O. The van der Waals surface area contributed by atoms with Gasteiger partial charge >= 0.3 is 0 Å². The first-order valence-electron chi connectivity index (χ1n) is 8.31. The lowest BCUT2D eigenvalue weighted by Crippen LogP contribution is -2.41. The number of rotatable bonds is 7. The van der Waals surface area contributed by atoms with Crippen molar-refractivity contribution in [2.75, 3.05) is 6.54 Å². The Morgan fingerprint density at radius 2 is 1.90 bits per heavy atom. The van der Waals surface area contributed by atoms with Gasteiger partial charge in [-0.15, -0.1) is 0 Å². The highest BCUT2D eigenvalue weighted by molar-refractivity contribution is 5.76. The Bertz CT molecular complexity index is 412. The molecule has 1 aliphatic carbocycles. The molecule has 0 spiro atoms. The molecule has 1 saturated carbocycles. The molecule has 1 atom stereocenters. The standard InChI is InChI=1S/C18H28N2O/c19-14-17(13-16-9-5-2-6-10-16)20-18(21)12-11-15-7-3-1-4-8-15/h2,5-6,9-10,15,17H,1,3-4,7-8,11-14,19H2,(H,20,21). The molecule has 1 amide bonds. The third kappa shape index (κ3) is 5.88. The molecule has 3 nitrogen and oxygen atoms in total. The summed E-state index contributed by atoms with van der Waals surface area (Å²) >= 11 is 0. The second kappa shape index (κ2) is 8.83. The average Bonchev–Trinajstić information content (AvgIpc) is 2.54. The first-order valence-corrected chi connectivity index (χ1v) is 8.31. The summed E-state index contributed by atoms with van der Waals surface area (Å²) in [4.78, 5) is 12.1. The third-order valence-electron chi connectivity index (χ3n) is 4.48. The van der Waals surface area contributed by atoms with Crippen molar-refractivity contribution in [2.45, 2.75) is 57.4 Å². The summed E-state index contributed by atoms with van der Waals surface area (Å²) < 4.78 is 0. The molecule has 1 aromatic rings. The minimum atomic E-state index is 0.0475. The Morgan fingerprint density at radius 3 is 2.57 bits per heavy atom. The number of carbonyl (C=O) groups excluding carboxylic acids is 1. The highest BCUT2D eigenvalue weighted by atomic mass is 16.1. The van der Waals surface area contributed by atoms with Crippen LogP contribution < -0.4 is 11.1 Å². The van der Waals surface area contributed by atoms with Crippen LogP contribution in [0.4, 0.5) is 0 Å². The van der Waals surface area contributed by atoms with Gasteiger partial charge in [-0.2, -0.15) is 0 Å². The fourth-order valence-corrected chi connectivity index (χ4v) is 3.20. The minimum Gasteiger partial charge on any atom is -0.352 e. The van der Waals surface area contributed by atoms with E-state index in [9.17, 15) is 4.79 Å². The number of amides is 1. The SMILES string of the molecule is NCC(Cc1ccccc1)NC(=O)CCC1CCCCC1. The van der Waals surface area contributed by atoms with Gasteiger partial charge in [-0.1, -0.05) is 62.4 Å². The molecule has 3 N–H and O–H groups in total. The van der Waals surface area contributed by atoms with E-state index < -0.39 is 0 Å². The Kier molecular flexibility index (Phi) is 6.74. The summed E-state index contributed by atoms with van der Waals surface area (Å²) in [5.41, 5.74) is 7.02. The molecule has 0 radical (unpaired) electrons. The van der Waals surface area contributed by atoms with Crippen LogP contribution in [-0.4, -0.2) is 18.5 Å². The summed E-state index contributed by atoms with van der Waals surface area (Å²) in [7, 11) is 0. The van der Waals surface area contributed by atoms with Crippen LogP contribution in [0.1, 0.15) is 50.5 Å². The maximum absolute atomic E-state index is 12.1. The Hall–Kier alpha value is -1.35. The van der Waals surface area contributed by atoms with Crippen molar-refractivity contribution in [3.05, 3.63) is 35.9 Å². The maximum Gasteiger partial charge on any atom is 0.220 e. The topological polar surface area (TPSA) is 55.1 Å². The molecule has 3 heteroatoms. The fourth-order valence-electron chi connectivity index (χ4n) is 3.20. The van der Waals surface area contributed by atoms with Crippen LogP contribution in [0.5, 0.6) is 0 Å². The van der Waals surface area contributed by atoms with Crippen LogP contribution >= 0.6 is 0 Å². The first kappa shape index (κ1) is 16.0. The predicted octanol–water partition coefficient (Wildman–Crippen LogP) is 3.03. The highest BCUT2D eigenvalue weighted by Gasteiger charge is 2.16. The van der Waals surface area contributed by atoms with Crippen LogP contribution in [0.15, 0.2) is 30.3 Å². The molecule has 1 aliphatic rings. The molecule has 0 aromatic heterocycles. The molecule has 0 heterocycles. The van der Waals surface area contributed by atoms with Gasteiger partial charge in [0.15, 0.2) is 0 Å². The lowest BCUT2D eigenvalue weighted by Gasteiger charge is -2.22. The van der Waals surface area contributed by atoms with E-state index in [0.29, 0.717) is 13.0 Å². The van der Waals surface area contributed by atoms with Crippen molar-refractivity contribution >= 4 is 5.91 Å². The van der Waals surface area contributed by atoms with Crippen LogP contribution in [0.2, 0.25) is 0 Å². The number of nitrogens with one attached hydrogen (secondary N) is 1. The number of carbonyl (C=O) groups is 1. The van der Waals surface area contributed by atoms with E-state index in [1.54, 1.807) is 0 Å². The molecule has 116 valence electrons. The zero-order valence-corrected chi connectivity index (χ0v) is 12.9. The van der Waals surface area contributed by atoms with Gasteiger partial charge in [0.05, 0.1) is 0 Å². The van der Waals surface area contributed by atoms with Crippen LogP contribution in [0.3, 0.4) is 0 Å². The van der Waals surface area contributed by atoms with Crippen molar-refractivity contribution in [3.63, 3.8) is 0 Å². The Balaban J connectivity index is 1.71. The molecule has 1 fully saturated rings. The normalized spacial score (nSPS) is 17.4.